The average Bonchev–Trinajstić information content (AvgIpc) is 2.34. The third kappa shape index (κ3) is 2.70. The summed E-state index contributed by atoms with van der Waals surface area (Å²) in [5, 5.41) is 2.91. The molecule has 0 unspecified atom stereocenters. The highest BCUT2D eigenvalue weighted by atomic mass is 35.5. The SMILES string of the molecule is Nc1cc(N)c(NC2CCS(=O)CC2)c(F)c1Cl. The molecule has 0 amide bonds. The van der Waals surface area contributed by atoms with Gasteiger partial charge in [0.05, 0.1) is 17.1 Å². The van der Waals surface area contributed by atoms with Crippen molar-refractivity contribution in [2.24, 2.45) is 0 Å². The van der Waals surface area contributed by atoms with Gasteiger partial charge in [-0.3, -0.25) is 4.21 Å². The van der Waals surface area contributed by atoms with E-state index in [1.165, 1.54) is 6.07 Å². The molecule has 2 rings (SSSR count). The summed E-state index contributed by atoms with van der Waals surface area (Å²) in [5.74, 6) is 0.630. The zero-order valence-corrected chi connectivity index (χ0v) is 11.3. The Morgan fingerprint density at radius 1 is 1.33 bits per heavy atom. The minimum Gasteiger partial charge on any atom is -0.397 e. The van der Waals surface area contributed by atoms with Crippen molar-refractivity contribution < 1.29 is 8.60 Å². The van der Waals surface area contributed by atoms with Crippen molar-refractivity contribution in [1.29, 1.82) is 0 Å². The molecule has 0 aliphatic carbocycles. The maximum Gasteiger partial charge on any atom is 0.169 e. The lowest BCUT2D eigenvalue weighted by Gasteiger charge is -2.25. The Kier molecular flexibility index (Phi) is 3.97. The summed E-state index contributed by atoms with van der Waals surface area (Å²) in [7, 11) is -0.749. The topological polar surface area (TPSA) is 81.1 Å². The molecule has 0 bridgehead atoms. The number of nitrogens with two attached hydrogens (primary N) is 2. The normalized spacial score (nSPS) is 23.9. The molecule has 7 heteroatoms. The summed E-state index contributed by atoms with van der Waals surface area (Å²) < 4.78 is 25.2. The van der Waals surface area contributed by atoms with E-state index in [2.05, 4.69) is 5.32 Å². The van der Waals surface area contributed by atoms with E-state index in [0.717, 1.165) is 12.8 Å². The molecule has 100 valence electrons. The molecular weight excluding hydrogens is 277 g/mol. The number of hydrogen-bond acceptors (Lipinski definition) is 4. The van der Waals surface area contributed by atoms with Crippen molar-refractivity contribution in [2.75, 3.05) is 28.3 Å². The van der Waals surface area contributed by atoms with Crippen LogP contribution in [-0.4, -0.2) is 21.8 Å². The first-order chi connectivity index (χ1) is 8.49. The fourth-order valence-corrected chi connectivity index (χ4v) is 3.40. The van der Waals surface area contributed by atoms with E-state index in [9.17, 15) is 8.60 Å². The Bertz CT molecular complexity index is 488. The fraction of sp³-hybridized carbons (Fsp3) is 0.455. The first-order valence-electron chi connectivity index (χ1n) is 5.63. The summed E-state index contributed by atoms with van der Waals surface area (Å²) in [4.78, 5) is 0. The Morgan fingerprint density at radius 3 is 2.56 bits per heavy atom. The predicted molar refractivity (Wildman–Crippen MR) is 74.8 cm³/mol. The second kappa shape index (κ2) is 5.32. The summed E-state index contributed by atoms with van der Waals surface area (Å²) in [5.41, 5.74) is 11.8. The van der Waals surface area contributed by atoms with Crippen molar-refractivity contribution in [3.63, 3.8) is 0 Å². The van der Waals surface area contributed by atoms with Crippen LogP contribution in [0, 0.1) is 5.82 Å². The summed E-state index contributed by atoms with van der Waals surface area (Å²) >= 11 is 5.75. The summed E-state index contributed by atoms with van der Waals surface area (Å²) in [6, 6.07) is 1.51. The maximum atomic E-state index is 13.9. The van der Waals surface area contributed by atoms with Crippen LogP contribution < -0.4 is 16.8 Å². The molecule has 1 heterocycles. The molecule has 18 heavy (non-hydrogen) atoms. The van der Waals surface area contributed by atoms with E-state index >= 15 is 0 Å². The zero-order chi connectivity index (χ0) is 13.3. The third-order valence-corrected chi connectivity index (χ3v) is 4.77. The first-order valence-corrected chi connectivity index (χ1v) is 7.50. The number of anilines is 3. The molecule has 0 atom stereocenters. The number of rotatable bonds is 2. The third-order valence-electron chi connectivity index (χ3n) is 3.00. The van der Waals surface area contributed by atoms with Crippen molar-refractivity contribution >= 4 is 39.5 Å². The van der Waals surface area contributed by atoms with Crippen LogP contribution >= 0.6 is 11.6 Å². The highest BCUT2D eigenvalue weighted by Gasteiger charge is 2.21. The number of halogens is 2. The van der Waals surface area contributed by atoms with Gasteiger partial charge in [-0.05, 0) is 18.9 Å². The van der Waals surface area contributed by atoms with Crippen LogP contribution in [0.2, 0.25) is 5.02 Å². The van der Waals surface area contributed by atoms with Crippen LogP contribution in [0.25, 0.3) is 0 Å². The van der Waals surface area contributed by atoms with E-state index < -0.39 is 16.6 Å². The highest BCUT2D eigenvalue weighted by molar-refractivity contribution is 7.85. The van der Waals surface area contributed by atoms with Gasteiger partial charge in [0.2, 0.25) is 0 Å². The van der Waals surface area contributed by atoms with Crippen molar-refractivity contribution in [3.8, 4) is 0 Å². The molecular formula is C11H15ClFN3OS. The van der Waals surface area contributed by atoms with Gasteiger partial charge >= 0.3 is 0 Å². The monoisotopic (exact) mass is 291 g/mol. The highest BCUT2D eigenvalue weighted by Crippen LogP contribution is 2.34. The largest absolute Gasteiger partial charge is 0.397 e. The van der Waals surface area contributed by atoms with Crippen LogP contribution in [0.5, 0.6) is 0 Å². The lowest BCUT2D eigenvalue weighted by atomic mass is 10.1. The molecule has 1 fully saturated rings. The van der Waals surface area contributed by atoms with Gasteiger partial charge in [0.1, 0.15) is 5.02 Å². The van der Waals surface area contributed by atoms with Gasteiger partial charge < -0.3 is 16.8 Å². The van der Waals surface area contributed by atoms with Gasteiger partial charge in [0, 0.05) is 28.3 Å². The molecule has 0 saturated carbocycles. The van der Waals surface area contributed by atoms with E-state index in [1.54, 1.807) is 0 Å². The zero-order valence-electron chi connectivity index (χ0n) is 9.71. The fourth-order valence-electron chi connectivity index (χ4n) is 1.96. The van der Waals surface area contributed by atoms with Gasteiger partial charge in [-0.1, -0.05) is 11.6 Å². The Balaban J connectivity index is 2.19. The van der Waals surface area contributed by atoms with E-state index in [0.29, 0.717) is 11.5 Å². The molecule has 1 aromatic rings. The second-order valence-corrected chi connectivity index (χ2v) is 6.40. The van der Waals surface area contributed by atoms with Gasteiger partial charge in [0.25, 0.3) is 0 Å². The van der Waals surface area contributed by atoms with Gasteiger partial charge in [-0.25, -0.2) is 4.39 Å². The molecule has 0 spiro atoms. The average molecular weight is 292 g/mol. The van der Waals surface area contributed by atoms with Crippen molar-refractivity contribution in [2.45, 2.75) is 18.9 Å². The number of hydrogen-bond donors (Lipinski definition) is 3. The minimum absolute atomic E-state index is 0.0687. The van der Waals surface area contributed by atoms with E-state index in [1.807, 2.05) is 0 Å². The maximum absolute atomic E-state index is 13.9. The standard InChI is InChI=1S/C11H15ClFN3OS/c12-9-7(14)5-8(15)11(10(9)13)16-6-1-3-18(17)4-2-6/h5-6,16H,1-4,14-15H2. The van der Waals surface area contributed by atoms with Gasteiger partial charge in [-0.15, -0.1) is 0 Å². The van der Waals surface area contributed by atoms with Crippen LogP contribution in [0.4, 0.5) is 21.5 Å². The predicted octanol–water partition coefficient (Wildman–Crippen LogP) is 1.97. The summed E-state index contributed by atoms with van der Waals surface area (Å²) in [6.45, 7) is 0. The molecule has 0 aromatic heterocycles. The molecule has 0 radical (unpaired) electrons. The smallest absolute Gasteiger partial charge is 0.169 e. The molecule has 5 N–H and O–H groups in total. The van der Waals surface area contributed by atoms with Gasteiger partial charge in [0.15, 0.2) is 5.82 Å². The number of nitrogen functional groups attached to an aromatic ring is 2. The van der Waals surface area contributed by atoms with Crippen molar-refractivity contribution in [3.05, 3.63) is 16.9 Å². The number of benzene rings is 1. The lowest BCUT2D eigenvalue weighted by Crippen LogP contribution is -2.30. The molecule has 4 nitrogen and oxygen atoms in total. The second-order valence-electron chi connectivity index (χ2n) is 4.32. The molecule has 1 aromatic carbocycles. The lowest BCUT2D eigenvalue weighted by molar-refractivity contribution is 0.605. The first kappa shape index (κ1) is 13.4. The van der Waals surface area contributed by atoms with Crippen LogP contribution in [-0.2, 0) is 10.8 Å². The van der Waals surface area contributed by atoms with Crippen LogP contribution in [0.15, 0.2) is 6.07 Å². The minimum atomic E-state index is -0.749. The summed E-state index contributed by atoms with van der Waals surface area (Å²) in [6.07, 6.45) is 1.46. The van der Waals surface area contributed by atoms with Crippen molar-refractivity contribution in [1.82, 2.24) is 0 Å². The Labute approximate surface area is 112 Å². The Morgan fingerprint density at radius 2 is 1.94 bits per heavy atom. The number of nitrogens with one attached hydrogen (secondary N) is 1. The molecule has 1 saturated heterocycles. The molecule has 1 aliphatic heterocycles. The van der Waals surface area contributed by atoms with Crippen LogP contribution in [0.3, 0.4) is 0 Å². The van der Waals surface area contributed by atoms with Gasteiger partial charge in [-0.2, -0.15) is 0 Å². The van der Waals surface area contributed by atoms with E-state index in [-0.39, 0.29) is 28.1 Å². The quantitative estimate of drug-likeness (QED) is 0.728. The molecule has 1 aliphatic rings. The van der Waals surface area contributed by atoms with Crippen LogP contribution in [0.1, 0.15) is 12.8 Å². The Hall–Kier alpha value is -1.01. The van der Waals surface area contributed by atoms with E-state index in [4.69, 9.17) is 23.1 Å².